The van der Waals surface area contributed by atoms with Crippen LogP contribution in [0.15, 0.2) is 48.5 Å². The van der Waals surface area contributed by atoms with Crippen LogP contribution in [0, 0.1) is 12.3 Å². The van der Waals surface area contributed by atoms with Crippen LogP contribution in [0.5, 0.6) is 0 Å². The predicted octanol–water partition coefficient (Wildman–Crippen LogP) is 4.80. The molecule has 0 aromatic heterocycles. The third-order valence-corrected chi connectivity index (χ3v) is 3.77. The van der Waals surface area contributed by atoms with Crippen LogP contribution in [-0.2, 0) is 22.6 Å². The second kappa shape index (κ2) is 8.52. The molecule has 0 bridgehead atoms. The molecule has 2 amide bonds. The van der Waals surface area contributed by atoms with E-state index in [0.717, 1.165) is 11.1 Å². The first-order chi connectivity index (χ1) is 12.3. The van der Waals surface area contributed by atoms with Crippen molar-refractivity contribution in [3.8, 4) is 0 Å². The Morgan fingerprint density at radius 3 is 2.35 bits per heavy atom. The highest BCUT2D eigenvalue weighted by Crippen LogP contribution is 2.24. The molecule has 1 radical (unpaired) electrons. The van der Waals surface area contributed by atoms with Crippen LogP contribution in [0.2, 0.25) is 0 Å². The summed E-state index contributed by atoms with van der Waals surface area (Å²) in [5.74, 6) is -0.101. The van der Waals surface area contributed by atoms with Gasteiger partial charge in [0.15, 0.2) is 0 Å². The Bertz CT molecular complexity index is 765. The first kappa shape index (κ1) is 19.5. The highest BCUT2D eigenvalue weighted by Gasteiger charge is 2.22. The largest absolute Gasteiger partial charge is 0.444 e. The number of benzene rings is 2. The molecule has 0 atom stereocenters. The number of hydrogen-bond donors (Lipinski definition) is 2. The Morgan fingerprint density at radius 1 is 1.04 bits per heavy atom. The third kappa shape index (κ3) is 5.62. The highest BCUT2D eigenvalue weighted by molar-refractivity contribution is 5.96. The minimum absolute atomic E-state index is 0.101. The van der Waals surface area contributed by atoms with Gasteiger partial charge >= 0.3 is 6.09 Å². The Hall–Kier alpha value is -2.82. The van der Waals surface area contributed by atoms with Crippen molar-refractivity contribution in [2.24, 2.45) is 5.41 Å². The molecular formula is C21H25N2O3. The average molecular weight is 353 g/mol. The molecule has 0 aliphatic carbocycles. The summed E-state index contributed by atoms with van der Waals surface area (Å²) in [7, 11) is 0. The Morgan fingerprint density at radius 2 is 1.73 bits per heavy atom. The van der Waals surface area contributed by atoms with Gasteiger partial charge in [-0.3, -0.25) is 10.1 Å². The van der Waals surface area contributed by atoms with Crippen molar-refractivity contribution < 1.29 is 14.3 Å². The molecule has 5 nitrogen and oxygen atoms in total. The van der Waals surface area contributed by atoms with Crippen molar-refractivity contribution in [1.29, 1.82) is 0 Å². The van der Waals surface area contributed by atoms with Crippen LogP contribution in [0.4, 0.5) is 16.2 Å². The molecule has 0 heterocycles. The quantitative estimate of drug-likeness (QED) is 0.811. The Kier molecular flexibility index (Phi) is 6.39. The minimum Gasteiger partial charge on any atom is -0.444 e. The van der Waals surface area contributed by atoms with E-state index in [1.54, 1.807) is 12.1 Å². The molecule has 2 aromatic carbocycles. The fourth-order valence-corrected chi connectivity index (χ4v) is 2.18. The maximum Gasteiger partial charge on any atom is 0.411 e. The summed E-state index contributed by atoms with van der Waals surface area (Å²) >= 11 is 0. The van der Waals surface area contributed by atoms with Gasteiger partial charge in [0, 0.05) is 16.8 Å². The minimum atomic E-state index is -0.552. The van der Waals surface area contributed by atoms with Gasteiger partial charge < -0.3 is 10.1 Å². The monoisotopic (exact) mass is 353 g/mol. The lowest BCUT2D eigenvalue weighted by Gasteiger charge is -2.20. The fourth-order valence-electron chi connectivity index (χ4n) is 2.18. The summed E-state index contributed by atoms with van der Waals surface area (Å²) < 4.78 is 5.21. The first-order valence-corrected chi connectivity index (χ1v) is 8.51. The zero-order valence-electron chi connectivity index (χ0n) is 15.5. The third-order valence-electron chi connectivity index (χ3n) is 3.77. The van der Waals surface area contributed by atoms with E-state index in [4.69, 9.17) is 4.74 Å². The summed E-state index contributed by atoms with van der Waals surface area (Å²) in [4.78, 5) is 24.3. The van der Waals surface area contributed by atoms with Crippen LogP contribution >= 0.6 is 0 Å². The molecule has 0 unspecified atom stereocenters. The van der Waals surface area contributed by atoms with Crippen molar-refractivity contribution in [3.05, 3.63) is 66.6 Å². The second-order valence-corrected chi connectivity index (χ2v) is 7.01. The molecule has 26 heavy (non-hydrogen) atoms. The van der Waals surface area contributed by atoms with E-state index in [0.29, 0.717) is 17.8 Å². The van der Waals surface area contributed by atoms with E-state index in [-0.39, 0.29) is 12.5 Å². The van der Waals surface area contributed by atoms with Gasteiger partial charge in [-0.1, -0.05) is 57.2 Å². The number of carbonyl (C=O) groups is 2. The molecule has 0 fully saturated rings. The van der Waals surface area contributed by atoms with Gasteiger partial charge in [0.1, 0.15) is 6.61 Å². The smallest absolute Gasteiger partial charge is 0.411 e. The van der Waals surface area contributed by atoms with Gasteiger partial charge in [0.05, 0.1) is 0 Å². The second-order valence-electron chi connectivity index (χ2n) is 7.01. The van der Waals surface area contributed by atoms with Crippen LogP contribution in [0.3, 0.4) is 0 Å². The number of hydrogen-bond acceptors (Lipinski definition) is 3. The number of nitrogens with one attached hydrogen (secondary N) is 2. The van der Waals surface area contributed by atoms with E-state index in [1.165, 1.54) is 0 Å². The molecule has 2 aromatic rings. The summed E-state index contributed by atoms with van der Waals surface area (Å²) in [6, 6.07) is 14.8. The lowest BCUT2D eigenvalue weighted by molar-refractivity contribution is -0.123. The molecule has 0 saturated heterocycles. The maximum atomic E-state index is 12.3. The van der Waals surface area contributed by atoms with Crippen molar-refractivity contribution in [2.45, 2.75) is 33.8 Å². The highest BCUT2D eigenvalue weighted by atomic mass is 16.5. The molecule has 0 aliphatic rings. The van der Waals surface area contributed by atoms with E-state index in [2.05, 4.69) is 17.6 Å². The molecule has 0 spiro atoms. The summed E-state index contributed by atoms with van der Waals surface area (Å²) in [5, 5.41) is 5.58. The zero-order chi connectivity index (χ0) is 19.2. The van der Waals surface area contributed by atoms with Crippen molar-refractivity contribution in [2.75, 3.05) is 10.6 Å². The van der Waals surface area contributed by atoms with Crippen molar-refractivity contribution in [3.63, 3.8) is 0 Å². The van der Waals surface area contributed by atoms with Crippen LogP contribution in [0.1, 0.15) is 31.9 Å². The number of amides is 2. The maximum absolute atomic E-state index is 12.3. The topological polar surface area (TPSA) is 67.4 Å². The molecule has 137 valence electrons. The molecule has 5 heteroatoms. The normalized spacial score (nSPS) is 10.9. The van der Waals surface area contributed by atoms with Crippen LogP contribution < -0.4 is 10.6 Å². The van der Waals surface area contributed by atoms with Crippen LogP contribution in [0.25, 0.3) is 0 Å². The summed E-state index contributed by atoms with van der Waals surface area (Å²) in [6.07, 6.45) is -0.0253. The molecular weight excluding hydrogens is 328 g/mol. The van der Waals surface area contributed by atoms with Crippen molar-refractivity contribution in [1.82, 2.24) is 0 Å². The number of rotatable bonds is 5. The van der Waals surface area contributed by atoms with Gasteiger partial charge in [-0.25, -0.2) is 4.79 Å². The molecule has 2 N–H and O–H groups in total. The SMILES string of the molecule is [CH2]Cc1ccc(NC(=O)OCc2ccccc2)cc1NC(=O)C(C)(C)C. The van der Waals surface area contributed by atoms with Crippen molar-refractivity contribution >= 4 is 23.4 Å². The molecule has 0 saturated carbocycles. The fraction of sp³-hybridized carbons (Fsp3) is 0.286. The van der Waals surface area contributed by atoms with E-state index in [1.807, 2.05) is 57.2 Å². The lowest BCUT2D eigenvalue weighted by atomic mass is 9.95. The Balaban J connectivity index is 2.04. The van der Waals surface area contributed by atoms with Gasteiger partial charge in [0.25, 0.3) is 0 Å². The number of anilines is 2. The van der Waals surface area contributed by atoms with Gasteiger partial charge in [-0.15, -0.1) is 0 Å². The van der Waals surface area contributed by atoms with Crippen LogP contribution in [-0.4, -0.2) is 12.0 Å². The number of carbonyl (C=O) groups excluding carboxylic acids is 2. The van der Waals surface area contributed by atoms with E-state index >= 15 is 0 Å². The van der Waals surface area contributed by atoms with Gasteiger partial charge in [0.2, 0.25) is 5.91 Å². The standard InChI is InChI=1S/C21H25N2O3/c1-5-16-11-12-17(13-18(16)23-19(24)21(2,3)4)22-20(25)26-14-15-9-7-6-8-10-15/h6-13H,1,5,14H2,2-4H3,(H,22,25)(H,23,24). The average Bonchev–Trinajstić information content (AvgIpc) is 2.60. The van der Waals surface area contributed by atoms with E-state index in [9.17, 15) is 9.59 Å². The zero-order valence-corrected chi connectivity index (χ0v) is 15.5. The molecule has 0 aliphatic heterocycles. The lowest BCUT2D eigenvalue weighted by Crippen LogP contribution is -2.28. The van der Waals surface area contributed by atoms with Gasteiger partial charge in [-0.2, -0.15) is 0 Å². The summed E-state index contributed by atoms with van der Waals surface area (Å²) in [6.45, 7) is 9.60. The Labute approximate surface area is 154 Å². The molecule has 2 rings (SSSR count). The van der Waals surface area contributed by atoms with Gasteiger partial charge in [-0.05, 0) is 36.6 Å². The van der Waals surface area contributed by atoms with E-state index < -0.39 is 11.5 Å². The predicted molar refractivity (Wildman–Crippen MR) is 104 cm³/mol. The number of ether oxygens (including phenoxy) is 1. The summed E-state index contributed by atoms with van der Waals surface area (Å²) in [5.41, 5.74) is 2.47. The first-order valence-electron chi connectivity index (χ1n) is 8.51.